The summed E-state index contributed by atoms with van der Waals surface area (Å²) in [6.07, 6.45) is -9.38. The van der Waals surface area contributed by atoms with Crippen molar-refractivity contribution in [1.82, 2.24) is 5.32 Å². The van der Waals surface area contributed by atoms with Crippen LogP contribution < -0.4 is 10.1 Å². The molecule has 230 valence electrons. The van der Waals surface area contributed by atoms with Crippen LogP contribution in [0.1, 0.15) is 45.2 Å². The highest BCUT2D eigenvalue weighted by molar-refractivity contribution is 6.31. The molecule has 0 bridgehead atoms. The van der Waals surface area contributed by atoms with Crippen molar-refractivity contribution < 1.29 is 45.7 Å². The lowest BCUT2D eigenvalue weighted by molar-refractivity contribution is -0.137. The van der Waals surface area contributed by atoms with Gasteiger partial charge in [0.15, 0.2) is 0 Å². The van der Waals surface area contributed by atoms with Crippen LogP contribution in [0, 0.1) is 0 Å². The highest BCUT2D eigenvalue weighted by atomic mass is 35.5. The molecule has 42 heavy (non-hydrogen) atoms. The zero-order valence-corrected chi connectivity index (χ0v) is 24.3. The van der Waals surface area contributed by atoms with Gasteiger partial charge in [-0.1, -0.05) is 29.8 Å². The van der Waals surface area contributed by atoms with E-state index < -0.39 is 46.1 Å². The molecule has 0 heterocycles. The monoisotopic (exact) mass is 620 g/mol. The summed E-state index contributed by atoms with van der Waals surface area (Å²) in [5.41, 5.74) is -3.70. The Morgan fingerprint density at radius 3 is 2.29 bits per heavy atom. The molecule has 6 nitrogen and oxygen atoms in total. The summed E-state index contributed by atoms with van der Waals surface area (Å²) < 4.78 is 92.2. The number of hydrogen-bond donors (Lipinski definition) is 2. The third-order valence-electron chi connectivity index (χ3n) is 5.51. The first kappa shape index (κ1) is 34.5. The minimum Gasteiger partial charge on any atom is -0.507 e. The quantitative estimate of drug-likeness (QED) is 0.127. The lowest BCUT2D eigenvalue weighted by atomic mass is 9.92. The number of ether oxygens (including phenoxy) is 2. The number of nitrogens with zero attached hydrogens (tertiary/aromatic N) is 1. The van der Waals surface area contributed by atoms with Crippen LogP contribution in [0.4, 0.5) is 31.1 Å². The number of aliphatic imine (C=N–C) groups is 1. The maximum absolute atomic E-state index is 13.6. The highest BCUT2D eigenvalue weighted by Gasteiger charge is 2.35. The van der Waals surface area contributed by atoms with Gasteiger partial charge in [0.2, 0.25) is 0 Å². The van der Waals surface area contributed by atoms with Gasteiger partial charge in [-0.25, -0.2) is 4.79 Å². The van der Waals surface area contributed by atoms with E-state index >= 15 is 0 Å². The van der Waals surface area contributed by atoms with E-state index in [9.17, 15) is 36.2 Å². The first-order chi connectivity index (χ1) is 19.3. The normalized spacial score (nSPS) is 13.1. The number of phenols is 1. The molecule has 0 aliphatic carbocycles. The third-order valence-corrected chi connectivity index (χ3v) is 5.84. The van der Waals surface area contributed by atoms with Crippen molar-refractivity contribution in [2.24, 2.45) is 4.99 Å². The van der Waals surface area contributed by atoms with Crippen LogP contribution in [0.5, 0.6) is 11.5 Å². The third kappa shape index (κ3) is 9.43. The maximum atomic E-state index is 13.6. The largest absolute Gasteiger partial charge is 0.507 e. The number of benzene rings is 2. The minimum atomic E-state index is -4.84. The van der Waals surface area contributed by atoms with Gasteiger partial charge >= 0.3 is 18.4 Å². The molecule has 13 heteroatoms. The van der Waals surface area contributed by atoms with E-state index in [0.717, 1.165) is 13.1 Å². The average molecular weight is 621 g/mol. The highest BCUT2D eigenvalue weighted by Crippen LogP contribution is 2.46. The van der Waals surface area contributed by atoms with E-state index in [1.165, 1.54) is 25.1 Å². The maximum Gasteiger partial charge on any atom is 0.432 e. The van der Waals surface area contributed by atoms with Crippen LogP contribution in [0.25, 0.3) is 16.7 Å². The second-order valence-electron chi connectivity index (χ2n) is 10.1. The molecular weight excluding hydrogens is 590 g/mol. The first-order valence-corrected chi connectivity index (χ1v) is 12.9. The Morgan fingerprint density at radius 1 is 1.12 bits per heavy atom. The summed E-state index contributed by atoms with van der Waals surface area (Å²) in [6, 6.07) is 5.48. The lowest BCUT2D eigenvalue weighted by Gasteiger charge is -2.20. The van der Waals surface area contributed by atoms with E-state index in [2.05, 4.69) is 16.9 Å². The lowest BCUT2D eigenvalue weighted by Crippen LogP contribution is -2.33. The number of carbonyl (C=O) groups is 1. The molecule has 0 aliphatic heterocycles. The van der Waals surface area contributed by atoms with E-state index in [1.54, 1.807) is 20.8 Å². The summed E-state index contributed by atoms with van der Waals surface area (Å²) >= 11 is 5.77. The number of allylic oxidation sites excluding steroid dienone is 3. The topological polar surface area (TPSA) is 80.2 Å². The molecule has 0 saturated carbocycles. The number of rotatable bonds is 9. The number of nitrogens with one attached hydrogen (secondary N) is 1. The number of amides is 1. The molecule has 0 unspecified atom stereocenters. The number of alkyl halides is 6. The van der Waals surface area contributed by atoms with Gasteiger partial charge in [0.1, 0.15) is 22.8 Å². The second-order valence-corrected chi connectivity index (χ2v) is 10.5. The standard InChI is InChI=1S/C29H31ClF6N2O4/c1-16(2)19(15-23(37-6)29(34,35)36)18-9-11-22(41-13-7-12-38-26(40)42-27(3,4)5)24(25(18)39)17-8-10-21(30)20(14-17)28(31,32)33/h8-11,14-15,39H,1,7,12-13H2,2-6H3,(H,38,40)/b19-15+,37-23?. The van der Waals surface area contributed by atoms with Crippen molar-refractivity contribution in [3.05, 3.63) is 64.7 Å². The smallest absolute Gasteiger partial charge is 0.432 e. The van der Waals surface area contributed by atoms with E-state index in [-0.39, 0.29) is 53.2 Å². The van der Waals surface area contributed by atoms with Gasteiger partial charge in [0.05, 0.1) is 22.8 Å². The molecular formula is C29H31ClF6N2O4. The fourth-order valence-corrected chi connectivity index (χ4v) is 3.91. The Labute approximate surface area is 244 Å². The molecule has 2 aromatic carbocycles. The molecule has 0 saturated heterocycles. The molecule has 2 N–H and O–H groups in total. The summed E-state index contributed by atoms with van der Waals surface area (Å²) in [4.78, 5) is 15.1. The van der Waals surface area contributed by atoms with Gasteiger partial charge in [0.25, 0.3) is 0 Å². The van der Waals surface area contributed by atoms with Crippen LogP contribution >= 0.6 is 11.6 Å². The summed E-state index contributed by atoms with van der Waals surface area (Å²) in [5, 5.41) is 13.3. The van der Waals surface area contributed by atoms with Crippen LogP contribution in [0.2, 0.25) is 5.02 Å². The zero-order chi connectivity index (χ0) is 32.0. The van der Waals surface area contributed by atoms with Crippen molar-refractivity contribution in [3.8, 4) is 22.6 Å². The van der Waals surface area contributed by atoms with Gasteiger partial charge in [-0.05, 0) is 75.6 Å². The molecule has 0 aliphatic rings. The second kappa shape index (κ2) is 13.5. The SMILES string of the molecule is C=C(C)/C(=C\C(=NC)C(F)(F)F)c1ccc(OCCCNC(=O)OC(C)(C)C)c(-c2ccc(Cl)c(C(F)(F)F)c2)c1O. The Morgan fingerprint density at radius 2 is 1.76 bits per heavy atom. The Balaban J connectivity index is 2.58. The Hall–Kier alpha value is -3.67. The molecule has 0 fully saturated rings. The molecule has 1 amide bonds. The van der Waals surface area contributed by atoms with Gasteiger partial charge in [0, 0.05) is 19.2 Å². The number of carbonyl (C=O) groups excluding carboxylic acids is 1. The Kier molecular flexibility index (Phi) is 11.1. The molecule has 0 aromatic heterocycles. The summed E-state index contributed by atoms with van der Waals surface area (Å²) in [5.74, 6) is -0.716. The van der Waals surface area contributed by atoms with Crippen molar-refractivity contribution in [3.63, 3.8) is 0 Å². The molecule has 2 rings (SSSR count). The molecule has 2 aromatic rings. The predicted octanol–water partition coefficient (Wildman–Crippen LogP) is 8.62. The number of aromatic hydroxyl groups is 1. The van der Waals surface area contributed by atoms with Gasteiger partial charge < -0.3 is 19.9 Å². The fraction of sp³-hybridized carbons (Fsp3) is 0.379. The van der Waals surface area contributed by atoms with Crippen molar-refractivity contribution in [1.29, 1.82) is 0 Å². The van der Waals surface area contributed by atoms with E-state index in [1.807, 2.05) is 0 Å². The Bertz CT molecular complexity index is 1380. The molecule has 0 spiro atoms. The minimum absolute atomic E-state index is 0.0504. The summed E-state index contributed by atoms with van der Waals surface area (Å²) in [6.45, 7) is 10.3. The van der Waals surface area contributed by atoms with Gasteiger partial charge in [-0.3, -0.25) is 4.99 Å². The zero-order valence-electron chi connectivity index (χ0n) is 23.6. The van der Waals surface area contributed by atoms with Crippen LogP contribution in [0.3, 0.4) is 0 Å². The number of alkyl carbamates (subject to hydrolysis) is 1. The van der Waals surface area contributed by atoms with Crippen molar-refractivity contribution in [2.45, 2.75) is 52.1 Å². The average Bonchev–Trinajstić information content (AvgIpc) is 2.83. The predicted molar refractivity (Wildman–Crippen MR) is 150 cm³/mol. The molecule has 0 atom stereocenters. The van der Waals surface area contributed by atoms with Crippen LogP contribution in [-0.2, 0) is 10.9 Å². The van der Waals surface area contributed by atoms with E-state index in [4.69, 9.17) is 21.1 Å². The first-order valence-electron chi connectivity index (χ1n) is 12.5. The number of hydrogen-bond acceptors (Lipinski definition) is 5. The van der Waals surface area contributed by atoms with Crippen molar-refractivity contribution in [2.75, 3.05) is 20.2 Å². The van der Waals surface area contributed by atoms with Gasteiger partial charge in [-0.2, -0.15) is 26.3 Å². The number of phenolic OH excluding ortho intramolecular Hbond substituents is 1. The van der Waals surface area contributed by atoms with Gasteiger partial charge in [-0.15, -0.1) is 0 Å². The number of halogens is 7. The molecule has 0 radical (unpaired) electrons. The van der Waals surface area contributed by atoms with Crippen molar-refractivity contribution >= 4 is 29.0 Å². The summed E-state index contributed by atoms with van der Waals surface area (Å²) in [7, 11) is 0.946. The van der Waals surface area contributed by atoms with Crippen LogP contribution in [0.15, 0.2) is 53.6 Å². The van der Waals surface area contributed by atoms with Crippen LogP contribution in [-0.4, -0.2) is 48.9 Å². The fourth-order valence-electron chi connectivity index (χ4n) is 3.69. The van der Waals surface area contributed by atoms with E-state index in [0.29, 0.717) is 12.1 Å².